The molecular weight excluding hydrogens is 961 g/mol. The topological polar surface area (TPSA) is 256 Å². The third-order valence-electron chi connectivity index (χ3n) is 13.7. The number of carbonyl (C=O) groups is 6. The number of aliphatic carboxylic acids is 1. The first-order valence-electron chi connectivity index (χ1n) is 26.2. The lowest BCUT2D eigenvalue weighted by molar-refractivity contribution is -0.150. The molecule has 5 N–H and O–H groups in total. The van der Waals surface area contributed by atoms with Crippen molar-refractivity contribution in [3.8, 4) is 0 Å². The van der Waals surface area contributed by atoms with Crippen LogP contribution >= 0.6 is 0 Å². The molecule has 424 valence electrons. The highest BCUT2D eigenvalue weighted by Crippen LogP contribution is 2.30. The number of nitrogens with zero attached hydrogens (tertiary/aromatic N) is 3. The maximum absolute atomic E-state index is 14.6. The Bertz CT molecular complexity index is 1790. The molecule has 1 aromatic rings. The van der Waals surface area contributed by atoms with Gasteiger partial charge in [0.2, 0.25) is 29.5 Å². The van der Waals surface area contributed by atoms with Crippen molar-refractivity contribution in [1.82, 2.24) is 25.3 Å². The van der Waals surface area contributed by atoms with Crippen LogP contribution in [0.5, 0.6) is 0 Å². The lowest BCUT2D eigenvalue weighted by atomic mass is 9.89. The molecule has 21 nitrogen and oxygen atoms in total. The molecule has 1 heterocycles. The molecule has 1 aromatic carbocycles. The molecule has 5 amide bonds. The van der Waals surface area contributed by atoms with Crippen LogP contribution in [0.2, 0.25) is 0 Å². The van der Waals surface area contributed by atoms with Gasteiger partial charge in [-0.2, -0.15) is 0 Å². The van der Waals surface area contributed by atoms with E-state index in [1.807, 2.05) is 33.8 Å². The SMILES string of the molecule is CCC(C)C(C(CC(=O)N1CCC[C@H]1C(OC)C(C)C(=O)NC(Cc1ccccc1)C(=O)O)OC)N(C)C(=O)C(NC(=O)C(C)(C)N(C)C(=O)CCOCCOCCOCCOCCOCCOCCN)C(C)C. The fraction of sp³-hybridized carbons (Fsp3) is 0.774. The number of ether oxygens (including phenoxy) is 8. The molecule has 21 heteroatoms. The highest BCUT2D eigenvalue weighted by atomic mass is 16.6. The molecule has 0 spiro atoms. The number of hydrogen-bond acceptors (Lipinski definition) is 15. The van der Waals surface area contributed by atoms with E-state index >= 15 is 0 Å². The van der Waals surface area contributed by atoms with Crippen molar-refractivity contribution < 1.29 is 71.8 Å². The van der Waals surface area contributed by atoms with Crippen molar-refractivity contribution in [2.24, 2.45) is 23.5 Å². The Morgan fingerprint density at radius 1 is 0.784 bits per heavy atom. The second-order valence-corrected chi connectivity index (χ2v) is 19.6. The number of carbonyl (C=O) groups excluding carboxylic acids is 5. The molecule has 2 rings (SSSR count). The van der Waals surface area contributed by atoms with Crippen LogP contribution < -0.4 is 16.4 Å². The van der Waals surface area contributed by atoms with Gasteiger partial charge in [0.15, 0.2) is 0 Å². The second kappa shape index (κ2) is 35.8. The quantitative estimate of drug-likeness (QED) is 0.0689. The van der Waals surface area contributed by atoms with Crippen molar-refractivity contribution >= 4 is 35.5 Å². The van der Waals surface area contributed by atoms with E-state index < -0.39 is 65.6 Å². The number of hydrogen-bond donors (Lipinski definition) is 4. The lowest BCUT2D eigenvalue weighted by Crippen LogP contribution is -2.62. The van der Waals surface area contributed by atoms with E-state index in [2.05, 4.69) is 10.6 Å². The van der Waals surface area contributed by atoms with Gasteiger partial charge in [0.25, 0.3) is 0 Å². The number of likely N-dealkylation sites (tertiary alicyclic amines) is 1. The van der Waals surface area contributed by atoms with Gasteiger partial charge >= 0.3 is 5.97 Å². The van der Waals surface area contributed by atoms with E-state index in [1.165, 1.54) is 19.1 Å². The number of likely N-dealkylation sites (N-methyl/N-ethyl adjacent to an activating group) is 2. The highest BCUT2D eigenvalue weighted by molar-refractivity contribution is 5.94. The maximum atomic E-state index is 14.6. The summed E-state index contributed by atoms with van der Waals surface area (Å²) in [6.45, 7) is 18.2. The lowest BCUT2D eigenvalue weighted by Gasteiger charge is -2.41. The van der Waals surface area contributed by atoms with Crippen molar-refractivity contribution in [1.29, 1.82) is 0 Å². The zero-order valence-electron chi connectivity index (χ0n) is 46.3. The van der Waals surface area contributed by atoms with E-state index in [0.29, 0.717) is 98.4 Å². The average molecular weight is 1050 g/mol. The minimum absolute atomic E-state index is 0.0213. The first-order valence-corrected chi connectivity index (χ1v) is 26.2. The summed E-state index contributed by atoms with van der Waals surface area (Å²) in [5.41, 5.74) is 4.79. The Labute approximate surface area is 440 Å². The number of nitrogens with one attached hydrogen (secondary N) is 2. The van der Waals surface area contributed by atoms with E-state index in [9.17, 15) is 33.9 Å². The molecule has 0 aromatic heterocycles. The summed E-state index contributed by atoms with van der Waals surface area (Å²) in [6, 6.07) is 5.84. The monoisotopic (exact) mass is 1050 g/mol. The number of methoxy groups -OCH3 is 2. The Kier molecular flexibility index (Phi) is 31.9. The number of carboxylic acids is 1. The smallest absolute Gasteiger partial charge is 0.326 e. The molecule has 1 aliphatic rings. The first kappa shape index (κ1) is 65.8. The molecule has 8 atom stereocenters. The van der Waals surface area contributed by atoms with Gasteiger partial charge in [-0.25, -0.2) is 4.79 Å². The summed E-state index contributed by atoms with van der Waals surface area (Å²) in [5.74, 6) is -4.40. The summed E-state index contributed by atoms with van der Waals surface area (Å²) >= 11 is 0. The Balaban J connectivity index is 1.95. The largest absolute Gasteiger partial charge is 0.480 e. The molecule has 0 bridgehead atoms. The predicted molar refractivity (Wildman–Crippen MR) is 278 cm³/mol. The first-order chi connectivity index (χ1) is 35.3. The number of nitrogens with two attached hydrogens (primary N) is 1. The summed E-state index contributed by atoms with van der Waals surface area (Å²) in [5, 5.41) is 15.6. The maximum Gasteiger partial charge on any atom is 0.326 e. The summed E-state index contributed by atoms with van der Waals surface area (Å²) < 4.78 is 44.7. The third-order valence-corrected chi connectivity index (χ3v) is 13.7. The van der Waals surface area contributed by atoms with Crippen molar-refractivity contribution in [3.05, 3.63) is 35.9 Å². The van der Waals surface area contributed by atoms with Crippen LogP contribution in [0.4, 0.5) is 0 Å². The molecule has 0 saturated carbocycles. The molecule has 0 radical (unpaired) electrons. The zero-order chi connectivity index (χ0) is 55.2. The van der Waals surface area contributed by atoms with Crippen LogP contribution in [-0.2, 0) is 73.1 Å². The third kappa shape index (κ3) is 22.1. The zero-order valence-corrected chi connectivity index (χ0v) is 46.3. The van der Waals surface area contributed by atoms with Gasteiger partial charge < -0.3 is 74.1 Å². The normalized spacial score (nSPS) is 16.7. The summed E-state index contributed by atoms with van der Waals surface area (Å²) in [7, 11) is 6.17. The van der Waals surface area contributed by atoms with Gasteiger partial charge in [-0.1, -0.05) is 71.4 Å². The van der Waals surface area contributed by atoms with Crippen LogP contribution in [0.25, 0.3) is 0 Å². The molecule has 0 aliphatic carbocycles. The minimum atomic E-state index is -1.34. The highest BCUT2D eigenvalue weighted by Gasteiger charge is 2.44. The Morgan fingerprint density at radius 3 is 1.78 bits per heavy atom. The van der Waals surface area contributed by atoms with Gasteiger partial charge in [-0.05, 0) is 44.1 Å². The molecular formula is C53H92N6O15. The van der Waals surface area contributed by atoms with E-state index in [1.54, 1.807) is 68.9 Å². The van der Waals surface area contributed by atoms with Gasteiger partial charge in [0.1, 0.15) is 17.6 Å². The number of rotatable bonds is 40. The minimum Gasteiger partial charge on any atom is -0.480 e. The second-order valence-electron chi connectivity index (χ2n) is 19.6. The Hall–Kier alpha value is -4.32. The van der Waals surface area contributed by atoms with Gasteiger partial charge in [-0.15, -0.1) is 0 Å². The van der Waals surface area contributed by atoms with Gasteiger partial charge in [-0.3, -0.25) is 24.0 Å². The number of carboxylic acid groups (broad SMARTS) is 1. The predicted octanol–water partition coefficient (Wildman–Crippen LogP) is 2.55. The summed E-state index contributed by atoms with van der Waals surface area (Å²) in [6.07, 6.45) is 0.439. The fourth-order valence-electron chi connectivity index (χ4n) is 8.79. The molecule has 1 fully saturated rings. The van der Waals surface area contributed by atoms with Gasteiger partial charge in [0, 0.05) is 47.8 Å². The van der Waals surface area contributed by atoms with E-state index in [-0.39, 0.29) is 62.0 Å². The number of benzene rings is 1. The molecule has 7 unspecified atom stereocenters. The van der Waals surface area contributed by atoms with Crippen molar-refractivity contribution in [2.75, 3.05) is 121 Å². The van der Waals surface area contributed by atoms with Gasteiger partial charge in [0.05, 0.1) is 122 Å². The molecule has 74 heavy (non-hydrogen) atoms. The van der Waals surface area contributed by atoms with E-state index in [0.717, 1.165) is 5.56 Å². The van der Waals surface area contributed by atoms with Crippen LogP contribution in [0, 0.1) is 17.8 Å². The van der Waals surface area contributed by atoms with Crippen molar-refractivity contribution in [3.63, 3.8) is 0 Å². The fourth-order valence-corrected chi connectivity index (χ4v) is 8.79. The Morgan fingerprint density at radius 2 is 1.31 bits per heavy atom. The van der Waals surface area contributed by atoms with E-state index in [4.69, 9.17) is 43.6 Å². The molecule has 1 saturated heterocycles. The van der Waals surface area contributed by atoms with Crippen LogP contribution in [0.1, 0.15) is 86.1 Å². The number of amides is 5. The summed E-state index contributed by atoms with van der Waals surface area (Å²) in [4.78, 5) is 86.6. The standard InChI is InChI=1S/C53H92N6O15/c1-12-38(4)47(43(67-10)36-45(61)59-22-16-19-42(59)48(68-11)39(5)49(62)55-41(51(64)65)35-40-17-14-13-15-18-40)57(8)50(63)46(37(2)3)56-52(66)53(6,7)58(9)44(60)20-23-69-25-27-71-29-31-73-33-34-74-32-30-72-28-26-70-24-21-54/h13-15,17-18,37-39,41-43,46-48H,12,16,19-36,54H2,1-11H3,(H,55,62)(H,56,66)(H,64,65)/t38?,39?,41?,42-,43?,46?,47?,48?/m0/s1. The van der Waals surface area contributed by atoms with Crippen LogP contribution in [0.3, 0.4) is 0 Å². The van der Waals surface area contributed by atoms with Crippen molar-refractivity contribution in [2.45, 2.75) is 129 Å². The molecule has 1 aliphatic heterocycles. The van der Waals surface area contributed by atoms with Crippen LogP contribution in [-0.4, -0.2) is 218 Å². The average Bonchev–Trinajstić information content (AvgIpc) is 3.87. The van der Waals surface area contributed by atoms with Crippen LogP contribution in [0.15, 0.2) is 30.3 Å².